The molecular formula is C21H16ClNO4. The maximum atomic E-state index is 13.3. The van der Waals surface area contributed by atoms with Crippen molar-refractivity contribution in [2.45, 2.75) is 13.0 Å². The molecule has 2 aromatic carbocycles. The van der Waals surface area contributed by atoms with Gasteiger partial charge in [0.2, 0.25) is 5.76 Å². The van der Waals surface area contributed by atoms with Gasteiger partial charge in [0.05, 0.1) is 17.0 Å². The Morgan fingerprint density at radius 1 is 1.30 bits per heavy atom. The second-order valence-corrected chi connectivity index (χ2v) is 6.92. The van der Waals surface area contributed by atoms with Gasteiger partial charge in [0, 0.05) is 11.6 Å². The smallest absolute Gasteiger partial charge is 0.291 e. The van der Waals surface area contributed by atoms with Crippen molar-refractivity contribution < 1.29 is 14.3 Å². The lowest BCUT2D eigenvalue weighted by Crippen LogP contribution is -2.29. The van der Waals surface area contributed by atoms with Crippen LogP contribution < -0.4 is 5.43 Å². The normalized spacial score (nSPS) is 16.0. The van der Waals surface area contributed by atoms with E-state index in [1.165, 1.54) is 17.0 Å². The summed E-state index contributed by atoms with van der Waals surface area (Å²) >= 11 is 6.19. The molecule has 27 heavy (non-hydrogen) atoms. The van der Waals surface area contributed by atoms with Crippen molar-refractivity contribution >= 4 is 28.5 Å². The summed E-state index contributed by atoms with van der Waals surface area (Å²) in [5.41, 5.74) is 1.64. The first-order valence-electron chi connectivity index (χ1n) is 8.40. The van der Waals surface area contributed by atoms with Crippen LogP contribution >= 0.6 is 11.6 Å². The molecule has 1 atom stereocenters. The minimum absolute atomic E-state index is 0.0180. The number of nitrogens with zero attached hydrogens (tertiary/aromatic N) is 1. The monoisotopic (exact) mass is 381 g/mol. The predicted octanol–water partition coefficient (Wildman–Crippen LogP) is 4.19. The van der Waals surface area contributed by atoms with Crippen molar-refractivity contribution in [2.24, 2.45) is 0 Å². The van der Waals surface area contributed by atoms with Crippen LogP contribution in [0.4, 0.5) is 0 Å². The molecule has 1 aliphatic rings. The number of aryl methyl sites for hydroxylation is 1. The number of carbonyl (C=O) groups is 1. The third-order valence-electron chi connectivity index (χ3n) is 4.76. The molecular weight excluding hydrogens is 366 g/mol. The van der Waals surface area contributed by atoms with E-state index < -0.39 is 6.04 Å². The lowest BCUT2D eigenvalue weighted by atomic mass is 9.98. The fourth-order valence-corrected chi connectivity index (χ4v) is 3.67. The van der Waals surface area contributed by atoms with E-state index in [9.17, 15) is 14.7 Å². The van der Waals surface area contributed by atoms with Gasteiger partial charge >= 0.3 is 0 Å². The summed E-state index contributed by atoms with van der Waals surface area (Å²) in [6, 6.07) is 9.05. The average Bonchev–Trinajstić information content (AvgIpc) is 2.90. The van der Waals surface area contributed by atoms with Crippen LogP contribution in [0.2, 0.25) is 5.02 Å². The Morgan fingerprint density at radius 3 is 2.78 bits per heavy atom. The van der Waals surface area contributed by atoms with Crippen LogP contribution in [-0.2, 0) is 0 Å². The maximum Gasteiger partial charge on any atom is 0.291 e. The Balaban J connectivity index is 2.05. The van der Waals surface area contributed by atoms with Crippen molar-refractivity contribution in [1.82, 2.24) is 4.90 Å². The zero-order valence-corrected chi connectivity index (χ0v) is 15.3. The van der Waals surface area contributed by atoms with Crippen molar-refractivity contribution in [1.29, 1.82) is 0 Å². The first-order valence-corrected chi connectivity index (χ1v) is 8.77. The number of benzene rings is 2. The van der Waals surface area contributed by atoms with E-state index in [-0.39, 0.29) is 35.0 Å². The highest BCUT2D eigenvalue weighted by Crippen LogP contribution is 2.39. The third kappa shape index (κ3) is 2.62. The molecule has 3 aromatic rings. The number of aromatic hydroxyl groups is 1. The number of phenolic OH excluding ortho intramolecular Hbond substituents is 1. The predicted molar refractivity (Wildman–Crippen MR) is 103 cm³/mol. The van der Waals surface area contributed by atoms with Crippen LogP contribution in [0, 0.1) is 6.92 Å². The van der Waals surface area contributed by atoms with Crippen molar-refractivity contribution in [2.75, 3.05) is 6.54 Å². The van der Waals surface area contributed by atoms with Gasteiger partial charge < -0.3 is 14.4 Å². The number of amides is 1. The van der Waals surface area contributed by atoms with Gasteiger partial charge in [-0.15, -0.1) is 6.58 Å². The zero-order valence-electron chi connectivity index (χ0n) is 14.5. The molecule has 0 spiro atoms. The number of halogens is 1. The van der Waals surface area contributed by atoms with E-state index >= 15 is 0 Å². The number of carbonyl (C=O) groups excluding carboxylic acids is 1. The highest BCUT2D eigenvalue weighted by Gasteiger charge is 2.42. The van der Waals surface area contributed by atoms with Crippen LogP contribution in [0.1, 0.15) is 33.3 Å². The number of rotatable bonds is 3. The lowest BCUT2D eigenvalue weighted by molar-refractivity contribution is 0.0748. The van der Waals surface area contributed by atoms with Crippen molar-refractivity contribution in [3.8, 4) is 5.75 Å². The first kappa shape index (κ1) is 17.4. The van der Waals surface area contributed by atoms with Crippen molar-refractivity contribution in [3.63, 3.8) is 0 Å². The van der Waals surface area contributed by atoms with Gasteiger partial charge in [-0.05, 0) is 42.3 Å². The van der Waals surface area contributed by atoms with Gasteiger partial charge in [-0.1, -0.05) is 29.8 Å². The summed E-state index contributed by atoms with van der Waals surface area (Å²) in [5, 5.41) is 10.6. The zero-order chi connectivity index (χ0) is 19.3. The molecule has 0 saturated heterocycles. The van der Waals surface area contributed by atoms with E-state index in [0.29, 0.717) is 21.6 Å². The molecule has 5 nitrogen and oxygen atoms in total. The summed E-state index contributed by atoms with van der Waals surface area (Å²) < 4.78 is 5.85. The van der Waals surface area contributed by atoms with E-state index in [1.54, 1.807) is 37.3 Å². The van der Waals surface area contributed by atoms with Crippen LogP contribution in [0.5, 0.6) is 5.75 Å². The van der Waals surface area contributed by atoms with Crippen LogP contribution in [0.3, 0.4) is 0 Å². The highest BCUT2D eigenvalue weighted by atomic mass is 35.5. The molecule has 1 aromatic heterocycles. The van der Waals surface area contributed by atoms with Crippen molar-refractivity contribution in [3.05, 3.63) is 86.7 Å². The van der Waals surface area contributed by atoms with Gasteiger partial charge in [0.15, 0.2) is 5.43 Å². The quantitative estimate of drug-likeness (QED) is 0.690. The first-order chi connectivity index (χ1) is 12.9. The molecule has 1 amide bonds. The molecule has 4 rings (SSSR count). The SMILES string of the molecule is C=CCN1C(=O)c2oc3cc(C)c(Cl)cc3c(=O)c2C1c1cccc(O)c1. The molecule has 136 valence electrons. The summed E-state index contributed by atoms with van der Waals surface area (Å²) in [4.78, 5) is 27.7. The molecule has 2 heterocycles. The van der Waals surface area contributed by atoms with Gasteiger partial charge in [-0.3, -0.25) is 9.59 Å². The second kappa shape index (κ2) is 6.28. The van der Waals surface area contributed by atoms with Crippen LogP contribution in [0.25, 0.3) is 11.0 Å². The van der Waals surface area contributed by atoms with E-state index in [1.807, 2.05) is 0 Å². The summed E-state index contributed by atoms with van der Waals surface area (Å²) in [7, 11) is 0. The Kier molecular flexibility index (Phi) is 4.04. The van der Waals surface area contributed by atoms with Gasteiger partial charge in [0.1, 0.15) is 11.3 Å². The average molecular weight is 382 g/mol. The Bertz CT molecular complexity index is 1160. The van der Waals surface area contributed by atoms with E-state index in [2.05, 4.69) is 6.58 Å². The van der Waals surface area contributed by atoms with Gasteiger partial charge in [0.25, 0.3) is 5.91 Å². The molecule has 0 saturated carbocycles. The fraction of sp³-hybridized carbons (Fsp3) is 0.143. The third-order valence-corrected chi connectivity index (χ3v) is 5.17. The Morgan fingerprint density at radius 2 is 2.07 bits per heavy atom. The van der Waals surface area contributed by atoms with Gasteiger partial charge in [-0.2, -0.15) is 0 Å². The van der Waals surface area contributed by atoms with Gasteiger partial charge in [-0.25, -0.2) is 0 Å². The highest BCUT2D eigenvalue weighted by molar-refractivity contribution is 6.32. The molecule has 0 radical (unpaired) electrons. The molecule has 6 heteroatoms. The summed E-state index contributed by atoms with van der Waals surface area (Å²) in [6.07, 6.45) is 1.59. The minimum atomic E-state index is -0.668. The Labute approximate surface area is 160 Å². The topological polar surface area (TPSA) is 70.8 Å². The summed E-state index contributed by atoms with van der Waals surface area (Å²) in [6.45, 7) is 5.74. The molecule has 1 unspecified atom stereocenters. The minimum Gasteiger partial charge on any atom is -0.508 e. The number of phenols is 1. The molecule has 1 N–H and O–H groups in total. The Hall–Kier alpha value is -3.05. The van der Waals surface area contributed by atoms with E-state index in [4.69, 9.17) is 16.0 Å². The number of fused-ring (bicyclic) bond motifs is 2. The maximum absolute atomic E-state index is 13.3. The second-order valence-electron chi connectivity index (χ2n) is 6.52. The molecule has 0 bridgehead atoms. The summed E-state index contributed by atoms with van der Waals surface area (Å²) in [5.74, 6) is -0.315. The molecule has 0 fully saturated rings. The standard InChI is InChI=1S/C21H16ClNO4/c1-3-7-23-18(12-5-4-6-13(24)9-12)17-19(25)14-10-15(22)11(2)8-16(14)27-20(17)21(23)26/h3-6,8-10,18,24H,1,7H2,2H3. The van der Waals surface area contributed by atoms with Crippen LogP contribution in [0.15, 0.2) is 58.3 Å². The fourth-order valence-electron chi connectivity index (χ4n) is 3.51. The van der Waals surface area contributed by atoms with Crippen LogP contribution in [-0.4, -0.2) is 22.5 Å². The largest absolute Gasteiger partial charge is 0.508 e. The lowest BCUT2D eigenvalue weighted by Gasteiger charge is -2.23. The molecule has 0 aliphatic carbocycles. The van der Waals surface area contributed by atoms with E-state index in [0.717, 1.165) is 5.56 Å². The number of hydrogen-bond donors (Lipinski definition) is 1. The number of hydrogen-bond acceptors (Lipinski definition) is 4. The molecule has 1 aliphatic heterocycles.